The summed E-state index contributed by atoms with van der Waals surface area (Å²) < 4.78 is 29.9. The number of sulfonamides is 1. The topological polar surface area (TPSA) is 87.2 Å². The van der Waals surface area contributed by atoms with Crippen LogP contribution in [0.5, 0.6) is 0 Å². The van der Waals surface area contributed by atoms with E-state index in [1.54, 1.807) is 12.3 Å². The molecule has 0 radical (unpaired) electrons. The lowest BCUT2D eigenvalue weighted by molar-refractivity contribution is 0.386. The van der Waals surface area contributed by atoms with Crippen molar-refractivity contribution in [2.75, 3.05) is 24.3 Å². The molecule has 1 aliphatic rings. The van der Waals surface area contributed by atoms with E-state index in [1.807, 2.05) is 67.5 Å². The van der Waals surface area contributed by atoms with Crippen LogP contribution in [0.4, 0.5) is 11.6 Å². The standard InChI is InChI=1S/C32H33N5O2S/c1-37(2)30-11-5-10-28-27(30)9-6-12-31(28)40(38,39)36-26-17-15-25(16-18-26)34-32-33-20-19-29(35-32)24-14-13-22-7-3-4-8-23(22)21-24/h3-14,19-21,25-26,36H,15-18H2,1-2H3,(H,33,34,35). The third-order valence-corrected chi connectivity index (χ3v) is 9.29. The molecule has 4 aromatic carbocycles. The Balaban J connectivity index is 1.11. The Morgan fingerprint density at radius 3 is 2.30 bits per heavy atom. The third-order valence-electron chi connectivity index (χ3n) is 7.71. The van der Waals surface area contributed by atoms with Gasteiger partial charge in [0.1, 0.15) is 0 Å². The normalized spacial score (nSPS) is 17.6. The molecule has 0 unspecified atom stereocenters. The van der Waals surface area contributed by atoms with Crippen molar-refractivity contribution in [2.24, 2.45) is 0 Å². The van der Waals surface area contributed by atoms with E-state index in [1.165, 1.54) is 10.8 Å². The molecule has 5 aromatic rings. The van der Waals surface area contributed by atoms with Gasteiger partial charge in [-0.05, 0) is 60.7 Å². The monoisotopic (exact) mass is 551 g/mol. The third kappa shape index (κ3) is 5.37. The smallest absolute Gasteiger partial charge is 0.241 e. The molecule has 2 N–H and O–H groups in total. The molecule has 6 rings (SSSR count). The van der Waals surface area contributed by atoms with E-state index in [2.05, 4.69) is 45.4 Å². The molecule has 0 amide bonds. The molecule has 40 heavy (non-hydrogen) atoms. The molecule has 0 aliphatic heterocycles. The summed E-state index contributed by atoms with van der Waals surface area (Å²) in [4.78, 5) is 11.6. The van der Waals surface area contributed by atoms with E-state index in [0.29, 0.717) is 10.8 Å². The lowest BCUT2D eigenvalue weighted by Gasteiger charge is -2.29. The summed E-state index contributed by atoms with van der Waals surface area (Å²) in [5, 5.41) is 7.52. The fourth-order valence-electron chi connectivity index (χ4n) is 5.65. The average molecular weight is 552 g/mol. The zero-order chi connectivity index (χ0) is 27.7. The van der Waals surface area contributed by atoms with Gasteiger partial charge >= 0.3 is 0 Å². The van der Waals surface area contributed by atoms with Gasteiger partial charge in [-0.15, -0.1) is 0 Å². The summed E-state index contributed by atoms with van der Waals surface area (Å²) in [6, 6.07) is 27.9. The second-order valence-electron chi connectivity index (χ2n) is 10.7. The zero-order valence-corrected chi connectivity index (χ0v) is 23.5. The highest BCUT2D eigenvalue weighted by Gasteiger charge is 2.27. The zero-order valence-electron chi connectivity index (χ0n) is 22.7. The van der Waals surface area contributed by atoms with E-state index in [4.69, 9.17) is 4.98 Å². The highest BCUT2D eigenvalue weighted by molar-refractivity contribution is 7.89. The number of anilines is 2. The van der Waals surface area contributed by atoms with Crippen molar-refractivity contribution in [1.82, 2.24) is 14.7 Å². The van der Waals surface area contributed by atoms with Crippen LogP contribution in [0, 0.1) is 0 Å². The number of rotatable bonds is 7. The van der Waals surface area contributed by atoms with Gasteiger partial charge in [0, 0.05) is 54.4 Å². The van der Waals surface area contributed by atoms with Gasteiger partial charge in [0.2, 0.25) is 16.0 Å². The second kappa shape index (κ2) is 10.9. The maximum Gasteiger partial charge on any atom is 0.241 e. The number of aromatic nitrogens is 2. The van der Waals surface area contributed by atoms with Gasteiger partial charge in [0.15, 0.2) is 0 Å². The molecule has 1 aliphatic carbocycles. The number of nitrogens with one attached hydrogen (secondary N) is 2. The number of hydrogen-bond donors (Lipinski definition) is 2. The fraction of sp³-hybridized carbons (Fsp3) is 0.250. The van der Waals surface area contributed by atoms with Crippen LogP contribution < -0.4 is 14.9 Å². The molecule has 0 spiro atoms. The first-order valence-corrected chi connectivity index (χ1v) is 15.2. The molecule has 0 bridgehead atoms. The maximum absolute atomic E-state index is 13.5. The minimum Gasteiger partial charge on any atom is -0.377 e. The van der Waals surface area contributed by atoms with Gasteiger partial charge in [-0.1, -0.05) is 60.7 Å². The number of nitrogens with zero attached hydrogens (tertiary/aromatic N) is 3. The summed E-state index contributed by atoms with van der Waals surface area (Å²) in [6.45, 7) is 0. The highest BCUT2D eigenvalue weighted by Crippen LogP contribution is 2.31. The SMILES string of the molecule is CN(C)c1cccc2c(S(=O)(=O)NC3CCC(Nc4nccc(-c5ccc6ccccc6c5)n4)CC3)cccc12. The van der Waals surface area contributed by atoms with Gasteiger partial charge in [-0.2, -0.15) is 0 Å². The molecule has 1 aromatic heterocycles. The minimum atomic E-state index is -3.67. The first kappa shape index (κ1) is 26.2. The predicted octanol–water partition coefficient (Wildman–Crippen LogP) is 6.22. The minimum absolute atomic E-state index is 0.111. The first-order valence-electron chi connectivity index (χ1n) is 13.7. The number of hydrogen-bond acceptors (Lipinski definition) is 6. The van der Waals surface area contributed by atoms with Crippen LogP contribution in [0.2, 0.25) is 0 Å². The lowest BCUT2D eigenvalue weighted by Crippen LogP contribution is -2.40. The molecule has 1 fully saturated rings. The molecule has 1 heterocycles. The summed E-state index contributed by atoms with van der Waals surface area (Å²) in [5.41, 5.74) is 2.92. The van der Waals surface area contributed by atoms with Gasteiger partial charge in [0.25, 0.3) is 0 Å². The molecule has 204 valence electrons. The summed E-state index contributed by atoms with van der Waals surface area (Å²) >= 11 is 0. The van der Waals surface area contributed by atoms with Crippen molar-refractivity contribution in [3.8, 4) is 11.3 Å². The van der Waals surface area contributed by atoms with E-state index in [0.717, 1.165) is 53.4 Å². The van der Waals surface area contributed by atoms with Crippen molar-refractivity contribution in [1.29, 1.82) is 0 Å². The van der Waals surface area contributed by atoms with Crippen LogP contribution in [-0.2, 0) is 10.0 Å². The first-order chi connectivity index (χ1) is 19.4. The van der Waals surface area contributed by atoms with Gasteiger partial charge in [-0.25, -0.2) is 23.1 Å². The molecule has 8 heteroatoms. The van der Waals surface area contributed by atoms with Crippen LogP contribution in [0.1, 0.15) is 25.7 Å². The van der Waals surface area contributed by atoms with Crippen molar-refractivity contribution in [3.05, 3.63) is 91.1 Å². The van der Waals surface area contributed by atoms with Crippen LogP contribution in [0.15, 0.2) is 96.0 Å². The number of benzene rings is 4. The van der Waals surface area contributed by atoms with Crippen LogP contribution in [-0.4, -0.2) is 44.6 Å². The largest absolute Gasteiger partial charge is 0.377 e. The Hall–Kier alpha value is -4.01. The molecule has 1 saturated carbocycles. The van der Waals surface area contributed by atoms with Crippen LogP contribution >= 0.6 is 0 Å². The molecule has 7 nitrogen and oxygen atoms in total. The van der Waals surface area contributed by atoms with Crippen LogP contribution in [0.25, 0.3) is 32.8 Å². The molecule has 0 saturated heterocycles. The average Bonchev–Trinajstić information content (AvgIpc) is 2.97. The van der Waals surface area contributed by atoms with E-state index in [9.17, 15) is 8.42 Å². The van der Waals surface area contributed by atoms with Gasteiger partial charge in [0.05, 0.1) is 10.6 Å². The Bertz CT molecular complexity index is 1780. The fourth-order valence-corrected chi connectivity index (χ4v) is 7.17. The van der Waals surface area contributed by atoms with Crippen molar-refractivity contribution in [3.63, 3.8) is 0 Å². The lowest BCUT2D eigenvalue weighted by atomic mass is 9.92. The van der Waals surface area contributed by atoms with Gasteiger partial charge < -0.3 is 10.2 Å². The molecular weight excluding hydrogens is 518 g/mol. The van der Waals surface area contributed by atoms with E-state index in [-0.39, 0.29) is 12.1 Å². The maximum atomic E-state index is 13.5. The molecular formula is C32H33N5O2S. The second-order valence-corrected chi connectivity index (χ2v) is 12.3. The Labute approximate surface area is 235 Å². The van der Waals surface area contributed by atoms with Crippen molar-refractivity contribution < 1.29 is 8.42 Å². The van der Waals surface area contributed by atoms with Gasteiger partial charge in [-0.3, -0.25) is 0 Å². The Morgan fingerprint density at radius 1 is 0.775 bits per heavy atom. The van der Waals surface area contributed by atoms with Crippen molar-refractivity contribution >= 4 is 43.2 Å². The highest BCUT2D eigenvalue weighted by atomic mass is 32.2. The van der Waals surface area contributed by atoms with E-state index >= 15 is 0 Å². The summed E-state index contributed by atoms with van der Waals surface area (Å²) in [7, 11) is 0.256. The van der Waals surface area contributed by atoms with Crippen LogP contribution in [0.3, 0.4) is 0 Å². The molecule has 0 atom stereocenters. The van der Waals surface area contributed by atoms with Crippen molar-refractivity contribution in [2.45, 2.75) is 42.7 Å². The number of fused-ring (bicyclic) bond motifs is 2. The Morgan fingerprint density at radius 2 is 1.50 bits per heavy atom. The Kier molecular flexibility index (Phi) is 7.12. The summed E-state index contributed by atoms with van der Waals surface area (Å²) in [6.07, 6.45) is 4.93. The quantitative estimate of drug-likeness (QED) is 0.250. The summed E-state index contributed by atoms with van der Waals surface area (Å²) in [5.74, 6) is 0.599. The predicted molar refractivity (Wildman–Crippen MR) is 163 cm³/mol. The van der Waals surface area contributed by atoms with E-state index < -0.39 is 10.0 Å².